The van der Waals surface area contributed by atoms with Gasteiger partial charge in [-0.15, -0.1) is 0 Å². The number of hydrogen-bond acceptors (Lipinski definition) is 1. The van der Waals surface area contributed by atoms with Crippen LogP contribution < -0.4 is 0 Å². The molecule has 0 rings (SSSR count). The molecule has 0 heterocycles. The van der Waals surface area contributed by atoms with E-state index in [2.05, 4.69) is 0 Å². The van der Waals surface area contributed by atoms with Crippen molar-refractivity contribution in [2.45, 2.75) is 20.2 Å². The summed E-state index contributed by atoms with van der Waals surface area (Å²) in [5.74, 6) is 0. The normalized spacial score (nSPS) is 9.75. The third-order valence-corrected chi connectivity index (χ3v) is 0.770. The fourth-order valence-electron chi connectivity index (χ4n) is 0.468. The van der Waals surface area contributed by atoms with Crippen LogP contribution >= 0.6 is 0 Å². The Morgan fingerprint density at radius 1 is 1.75 bits per heavy atom. The fourth-order valence-corrected chi connectivity index (χ4v) is 0.468. The van der Waals surface area contributed by atoms with Crippen LogP contribution in [0.15, 0.2) is 12.2 Å². The van der Waals surface area contributed by atoms with Gasteiger partial charge in [-0.3, -0.25) is 0 Å². The van der Waals surface area contributed by atoms with E-state index in [0.717, 1.165) is 6.32 Å². The summed E-state index contributed by atoms with van der Waals surface area (Å²) in [7, 11) is 1.88. The highest BCUT2D eigenvalue weighted by Gasteiger charge is 1.87. The lowest BCUT2D eigenvalue weighted by Crippen LogP contribution is -2.00. The molecule has 0 aromatic rings. The Bertz CT molecular complexity index is 96.7. The highest BCUT2D eigenvalue weighted by molar-refractivity contribution is 6.77. The Morgan fingerprint density at radius 3 is 2.75 bits per heavy atom. The van der Waals surface area contributed by atoms with Crippen LogP contribution in [0.1, 0.15) is 13.8 Å². The van der Waals surface area contributed by atoms with E-state index in [1.165, 1.54) is 0 Å². The quantitative estimate of drug-likeness (QED) is 0.420. The van der Waals surface area contributed by atoms with E-state index in [1.54, 1.807) is 6.08 Å². The lowest BCUT2D eigenvalue weighted by molar-refractivity contribution is 1.46. The van der Waals surface area contributed by atoms with Crippen LogP contribution in [0.25, 0.3) is 0 Å². The van der Waals surface area contributed by atoms with E-state index >= 15 is 0 Å². The monoisotopic (exact) mass is 108 g/mol. The Labute approximate surface area is 51.5 Å². The largest absolute Gasteiger partial charge is 0.316 e. The molecule has 0 aliphatic carbocycles. The van der Waals surface area contributed by atoms with E-state index in [9.17, 15) is 0 Å². The van der Waals surface area contributed by atoms with Crippen LogP contribution in [0.2, 0.25) is 6.32 Å². The molecule has 2 heteroatoms. The summed E-state index contributed by atoms with van der Waals surface area (Å²) in [5.41, 5.74) is 0.606. The van der Waals surface area contributed by atoms with Gasteiger partial charge in [0.2, 0.25) is 0 Å². The average Bonchev–Trinajstić information content (AvgIpc) is 1.68. The molecule has 0 bridgehead atoms. The van der Waals surface area contributed by atoms with Crippen molar-refractivity contribution in [3.05, 3.63) is 12.2 Å². The summed E-state index contributed by atoms with van der Waals surface area (Å²) in [4.78, 5) is 0. The molecule has 1 radical (unpaired) electrons. The smallest absolute Gasteiger partial charge is 0.176 e. The maximum atomic E-state index is 7.15. The van der Waals surface area contributed by atoms with Gasteiger partial charge in [0.05, 0.1) is 0 Å². The van der Waals surface area contributed by atoms with Crippen molar-refractivity contribution < 1.29 is 0 Å². The van der Waals surface area contributed by atoms with Crippen molar-refractivity contribution >= 4 is 12.9 Å². The lowest BCUT2D eigenvalue weighted by Gasteiger charge is -1.86. The van der Waals surface area contributed by atoms with Gasteiger partial charge in [-0.2, -0.15) is 0 Å². The first-order valence-corrected chi connectivity index (χ1v) is 2.85. The molecule has 0 fully saturated rings. The number of allylic oxidation sites excluding steroid dienone is 2. The zero-order valence-corrected chi connectivity index (χ0v) is 5.44. The summed E-state index contributed by atoms with van der Waals surface area (Å²) in [5, 5.41) is 7.15. The molecule has 0 aromatic carbocycles. The molecule has 1 nitrogen and oxygen atoms in total. The van der Waals surface area contributed by atoms with Gasteiger partial charge in [0.25, 0.3) is 0 Å². The predicted molar refractivity (Wildman–Crippen MR) is 38.8 cm³/mol. The molecule has 1 N–H and O–H groups in total. The van der Waals surface area contributed by atoms with E-state index in [0.29, 0.717) is 5.61 Å². The molecule has 0 saturated carbocycles. The summed E-state index contributed by atoms with van der Waals surface area (Å²) >= 11 is 0. The van der Waals surface area contributed by atoms with Crippen LogP contribution in [-0.4, -0.2) is 12.9 Å². The highest BCUT2D eigenvalue weighted by Crippen LogP contribution is 1.79. The van der Waals surface area contributed by atoms with Gasteiger partial charge < -0.3 is 5.41 Å². The zero-order chi connectivity index (χ0) is 6.41. The fraction of sp³-hybridized carbons (Fsp3) is 0.500. The van der Waals surface area contributed by atoms with Gasteiger partial charge in [-0.1, -0.05) is 25.4 Å². The predicted octanol–water partition coefficient (Wildman–Crippen LogP) is 1.68. The van der Waals surface area contributed by atoms with E-state index < -0.39 is 0 Å². The van der Waals surface area contributed by atoms with Crippen LogP contribution in [0.4, 0.5) is 0 Å². The Balaban J connectivity index is 3.33. The molecule has 0 spiro atoms. The highest BCUT2D eigenvalue weighted by atomic mass is 14.3. The molecule has 0 aliphatic rings. The minimum atomic E-state index is 0.606. The van der Waals surface area contributed by atoms with Gasteiger partial charge in [0.1, 0.15) is 0 Å². The third-order valence-electron chi connectivity index (χ3n) is 0.770. The second-order valence-electron chi connectivity index (χ2n) is 1.57. The average molecular weight is 108 g/mol. The number of nitrogens with one attached hydrogen (secondary N) is 1. The summed E-state index contributed by atoms with van der Waals surface area (Å²) in [6.07, 6.45) is 4.60. The number of rotatable bonds is 3. The van der Waals surface area contributed by atoms with Crippen molar-refractivity contribution in [3.63, 3.8) is 0 Å². The SMILES string of the molecule is C/C=C\C(=N)[B]CC. The molecular weight excluding hydrogens is 96.9 g/mol. The molecule has 0 atom stereocenters. The topological polar surface area (TPSA) is 23.9 Å². The molecule has 8 heavy (non-hydrogen) atoms. The lowest BCUT2D eigenvalue weighted by atomic mass is 9.70. The van der Waals surface area contributed by atoms with Gasteiger partial charge in [0, 0.05) is 0 Å². The van der Waals surface area contributed by atoms with Crippen LogP contribution in [0, 0.1) is 5.41 Å². The van der Waals surface area contributed by atoms with Gasteiger partial charge >= 0.3 is 0 Å². The molecule has 43 valence electrons. The second-order valence-corrected chi connectivity index (χ2v) is 1.57. The minimum Gasteiger partial charge on any atom is -0.316 e. The van der Waals surface area contributed by atoms with Gasteiger partial charge in [-0.05, 0) is 12.5 Å². The van der Waals surface area contributed by atoms with Crippen molar-refractivity contribution in [1.29, 1.82) is 5.41 Å². The van der Waals surface area contributed by atoms with Crippen LogP contribution in [0.3, 0.4) is 0 Å². The van der Waals surface area contributed by atoms with Crippen molar-refractivity contribution in [3.8, 4) is 0 Å². The minimum absolute atomic E-state index is 0.606. The third kappa shape index (κ3) is 3.66. The summed E-state index contributed by atoms with van der Waals surface area (Å²) < 4.78 is 0. The van der Waals surface area contributed by atoms with Crippen molar-refractivity contribution in [2.24, 2.45) is 0 Å². The molecule has 0 amide bonds. The van der Waals surface area contributed by atoms with E-state index in [1.807, 2.05) is 27.2 Å². The van der Waals surface area contributed by atoms with Gasteiger partial charge in [-0.25, -0.2) is 0 Å². The first-order valence-electron chi connectivity index (χ1n) is 2.85. The van der Waals surface area contributed by atoms with Crippen LogP contribution in [-0.2, 0) is 0 Å². The molecule has 0 unspecified atom stereocenters. The Kier molecular flexibility index (Phi) is 4.33. The first kappa shape index (κ1) is 7.47. The number of hydrogen-bond donors (Lipinski definition) is 1. The standard InChI is InChI=1S/C6H11BN/c1-3-5-6(8)7-4-2/h3,5,8H,4H2,1-2H3/b5-3-,8-6?. The zero-order valence-electron chi connectivity index (χ0n) is 5.44. The molecular formula is C6H11BN. The van der Waals surface area contributed by atoms with Gasteiger partial charge in [0.15, 0.2) is 7.28 Å². The Hall–Kier alpha value is -0.525. The van der Waals surface area contributed by atoms with Crippen LogP contribution in [0.5, 0.6) is 0 Å². The molecule has 0 aromatic heterocycles. The first-order chi connectivity index (χ1) is 3.81. The van der Waals surface area contributed by atoms with E-state index in [4.69, 9.17) is 5.41 Å². The molecule has 0 saturated heterocycles. The van der Waals surface area contributed by atoms with Crippen molar-refractivity contribution in [1.82, 2.24) is 0 Å². The molecule has 0 aliphatic heterocycles. The summed E-state index contributed by atoms with van der Waals surface area (Å²) in [6, 6.07) is 0. The maximum absolute atomic E-state index is 7.15. The second kappa shape index (κ2) is 4.63. The summed E-state index contributed by atoms with van der Waals surface area (Å²) in [6.45, 7) is 3.94. The maximum Gasteiger partial charge on any atom is 0.176 e. The van der Waals surface area contributed by atoms with Crippen molar-refractivity contribution in [2.75, 3.05) is 0 Å². The van der Waals surface area contributed by atoms with E-state index in [-0.39, 0.29) is 0 Å². The Morgan fingerprint density at radius 2 is 2.38 bits per heavy atom.